The zero-order valence-corrected chi connectivity index (χ0v) is 10.6. The summed E-state index contributed by atoms with van der Waals surface area (Å²) in [5, 5.41) is 10.7. The number of hydrogen-bond donors (Lipinski definition) is 1. The van der Waals surface area contributed by atoms with Crippen molar-refractivity contribution in [3.8, 4) is 5.75 Å². The molecule has 94 valence electrons. The molecule has 1 aliphatic rings. The molecule has 3 heteroatoms. The van der Waals surface area contributed by atoms with Crippen molar-refractivity contribution in [3.05, 3.63) is 24.0 Å². The second-order valence-electron chi connectivity index (χ2n) is 5.06. The van der Waals surface area contributed by atoms with Gasteiger partial charge in [-0.3, -0.25) is 4.98 Å². The maximum Gasteiger partial charge on any atom is 0.137 e. The predicted octanol–water partition coefficient (Wildman–Crippen LogP) is 2.88. The summed E-state index contributed by atoms with van der Waals surface area (Å²) >= 11 is 0. The first-order valence-corrected chi connectivity index (χ1v) is 6.45. The molecule has 0 radical (unpaired) electrons. The Morgan fingerprint density at radius 3 is 2.76 bits per heavy atom. The number of aromatic nitrogens is 1. The molecule has 2 rings (SSSR count). The van der Waals surface area contributed by atoms with Crippen molar-refractivity contribution in [3.63, 3.8) is 0 Å². The fourth-order valence-electron chi connectivity index (χ4n) is 2.45. The largest absolute Gasteiger partial charge is 0.492 e. The Morgan fingerprint density at radius 1 is 1.41 bits per heavy atom. The van der Waals surface area contributed by atoms with Gasteiger partial charge in [0, 0.05) is 11.8 Å². The molecule has 1 fully saturated rings. The molecule has 1 aromatic rings. The summed E-state index contributed by atoms with van der Waals surface area (Å²) < 4.78 is 5.43. The lowest BCUT2D eigenvalue weighted by Crippen LogP contribution is -2.31. The van der Waals surface area contributed by atoms with Crippen molar-refractivity contribution in [2.24, 2.45) is 5.92 Å². The van der Waals surface area contributed by atoms with Gasteiger partial charge in [-0.25, -0.2) is 0 Å². The standard InChI is InChI=1S/C14H21NO2/c1-3-17-13-8-12(9-15-10-13)14(16)6-4-11(2)5-7-14/h8-11,16H,3-7H2,1-2H3. The van der Waals surface area contributed by atoms with Gasteiger partial charge >= 0.3 is 0 Å². The monoisotopic (exact) mass is 235 g/mol. The fraction of sp³-hybridized carbons (Fsp3) is 0.643. The summed E-state index contributed by atoms with van der Waals surface area (Å²) in [6.07, 6.45) is 7.27. The highest BCUT2D eigenvalue weighted by Crippen LogP contribution is 2.39. The van der Waals surface area contributed by atoms with E-state index in [0.29, 0.717) is 6.61 Å². The molecule has 0 spiro atoms. The van der Waals surface area contributed by atoms with Gasteiger partial charge in [-0.05, 0) is 44.6 Å². The van der Waals surface area contributed by atoms with Gasteiger partial charge in [0.1, 0.15) is 5.75 Å². The van der Waals surface area contributed by atoms with Gasteiger partial charge in [-0.2, -0.15) is 0 Å². The van der Waals surface area contributed by atoms with Crippen LogP contribution in [0.5, 0.6) is 5.75 Å². The van der Waals surface area contributed by atoms with Crippen LogP contribution in [-0.2, 0) is 5.60 Å². The van der Waals surface area contributed by atoms with Crippen LogP contribution >= 0.6 is 0 Å². The van der Waals surface area contributed by atoms with Gasteiger partial charge in [-0.1, -0.05) is 6.92 Å². The molecule has 0 atom stereocenters. The number of ether oxygens (including phenoxy) is 1. The van der Waals surface area contributed by atoms with Crippen LogP contribution in [0.25, 0.3) is 0 Å². The van der Waals surface area contributed by atoms with Crippen molar-refractivity contribution in [1.29, 1.82) is 0 Å². The molecule has 0 aromatic carbocycles. The van der Waals surface area contributed by atoms with Crippen molar-refractivity contribution < 1.29 is 9.84 Å². The molecule has 1 heterocycles. The predicted molar refractivity (Wildman–Crippen MR) is 66.9 cm³/mol. The molecule has 1 aliphatic carbocycles. The number of rotatable bonds is 3. The number of aliphatic hydroxyl groups is 1. The Labute approximate surface area is 103 Å². The van der Waals surface area contributed by atoms with E-state index in [1.54, 1.807) is 12.4 Å². The highest BCUT2D eigenvalue weighted by Gasteiger charge is 2.33. The minimum atomic E-state index is -0.702. The van der Waals surface area contributed by atoms with E-state index in [9.17, 15) is 5.11 Å². The Kier molecular flexibility index (Phi) is 3.67. The van der Waals surface area contributed by atoms with Crippen LogP contribution in [-0.4, -0.2) is 16.7 Å². The van der Waals surface area contributed by atoms with E-state index in [2.05, 4.69) is 11.9 Å². The van der Waals surface area contributed by atoms with E-state index in [0.717, 1.165) is 42.9 Å². The molecule has 1 aromatic heterocycles. The molecule has 0 unspecified atom stereocenters. The third kappa shape index (κ3) is 2.78. The third-order valence-electron chi connectivity index (χ3n) is 3.66. The topological polar surface area (TPSA) is 42.4 Å². The third-order valence-corrected chi connectivity index (χ3v) is 3.66. The maximum absolute atomic E-state index is 10.7. The van der Waals surface area contributed by atoms with Crippen molar-refractivity contribution >= 4 is 0 Å². The van der Waals surface area contributed by atoms with Gasteiger partial charge in [0.25, 0.3) is 0 Å². The smallest absolute Gasteiger partial charge is 0.137 e. The second-order valence-corrected chi connectivity index (χ2v) is 5.06. The molecule has 0 aliphatic heterocycles. The van der Waals surface area contributed by atoms with E-state index < -0.39 is 5.60 Å². The van der Waals surface area contributed by atoms with Crippen LogP contribution < -0.4 is 4.74 Å². The van der Waals surface area contributed by atoms with Crippen molar-refractivity contribution in [2.45, 2.75) is 45.1 Å². The fourth-order valence-corrected chi connectivity index (χ4v) is 2.45. The van der Waals surface area contributed by atoms with Crippen LogP contribution in [0.1, 0.15) is 45.1 Å². The van der Waals surface area contributed by atoms with Gasteiger partial charge in [0.05, 0.1) is 18.4 Å². The highest BCUT2D eigenvalue weighted by atomic mass is 16.5. The molecular weight excluding hydrogens is 214 g/mol. The summed E-state index contributed by atoms with van der Waals surface area (Å²) in [5.74, 6) is 1.47. The zero-order valence-electron chi connectivity index (χ0n) is 10.6. The average Bonchev–Trinajstić information content (AvgIpc) is 2.34. The minimum Gasteiger partial charge on any atom is -0.492 e. The van der Waals surface area contributed by atoms with E-state index in [4.69, 9.17) is 4.74 Å². The lowest BCUT2D eigenvalue weighted by atomic mass is 9.76. The normalized spacial score (nSPS) is 29.0. The molecule has 17 heavy (non-hydrogen) atoms. The van der Waals surface area contributed by atoms with Crippen molar-refractivity contribution in [1.82, 2.24) is 4.98 Å². The molecule has 1 saturated carbocycles. The molecule has 3 nitrogen and oxygen atoms in total. The Balaban J connectivity index is 2.17. The lowest BCUT2D eigenvalue weighted by Gasteiger charge is -2.35. The number of hydrogen-bond acceptors (Lipinski definition) is 3. The summed E-state index contributed by atoms with van der Waals surface area (Å²) in [5.41, 5.74) is 0.197. The van der Waals surface area contributed by atoms with Crippen LogP contribution in [0.4, 0.5) is 0 Å². The van der Waals surface area contributed by atoms with Crippen LogP contribution in [0.3, 0.4) is 0 Å². The number of pyridine rings is 1. The molecular formula is C14H21NO2. The second kappa shape index (κ2) is 5.05. The van der Waals surface area contributed by atoms with E-state index in [1.807, 2.05) is 13.0 Å². The molecule has 0 amide bonds. The first kappa shape index (κ1) is 12.4. The van der Waals surface area contributed by atoms with Gasteiger partial charge < -0.3 is 9.84 Å². The number of nitrogens with zero attached hydrogens (tertiary/aromatic N) is 1. The average molecular weight is 235 g/mol. The SMILES string of the molecule is CCOc1cncc(C2(O)CCC(C)CC2)c1. The molecule has 0 saturated heterocycles. The zero-order chi connectivity index (χ0) is 12.3. The maximum atomic E-state index is 10.7. The van der Waals surface area contributed by atoms with E-state index in [-0.39, 0.29) is 0 Å². The quantitative estimate of drug-likeness (QED) is 0.876. The van der Waals surface area contributed by atoms with Crippen LogP contribution in [0, 0.1) is 5.92 Å². The summed E-state index contributed by atoms with van der Waals surface area (Å²) in [6.45, 7) is 4.82. The highest BCUT2D eigenvalue weighted by molar-refractivity contribution is 5.28. The molecule has 1 N–H and O–H groups in total. The summed E-state index contributed by atoms with van der Waals surface area (Å²) in [7, 11) is 0. The van der Waals surface area contributed by atoms with Gasteiger partial charge in [-0.15, -0.1) is 0 Å². The summed E-state index contributed by atoms with van der Waals surface area (Å²) in [6, 6.07) is 1.92. The first-order valence-electron chi connectivity index (χ1n) is 6.45. The van der Waals surface area contributed by atoms with Crippen LogP contribution in [0.15, 0.2) is 18.5 Å². The Hall–Kier alpha value is -1.09. The Bertz CT molecular complexity index is 370. The summed E-state index contributed by atoms with van der Waals surface area (Å²) in [4.78, 5) is 4.16. The van der Waals surface area contributed by atoms with Gasteiger partial charge in [0.2, 0.25) is 0 Å². The van der Waals surface area contributed by atoms with E-state index in [1.165, 1.54) is 0 Å². The van der Waals surface area contributed by atoms with Gasteiger partial charge in [0.15, 0.2) is 0 Å². The molecule has 0 bridgehead atoms. The minimum absolute atomic E-state index is 0.626. The van der Waals surface area contributed by atoms with Crippen LogP contribution in [0.2, 0.25) is 0 Å². The van der Waals surface area contributed by atoms with E-state index >= 15 is 0 Å². The first-order chi connectivity index (χ1) is 8.14. The lowest BCUT2D eigenvalue weighted by molar-refractivity contribution is -0.0124. The Morgan fingerprint density at radius 2 is 2.12 bits per heavy atom. The van der Waals surface area contributed by atoms with Crippen molar-refractivity contribution in [2.75, 3.05) is 6.61 Å².